The van der Waals surface area contributed by atoms with Gasteiger partial charge < -0.3 is 9.42 Å². The van der Waals surface area contributed by atoms with Crippen molar-refractivity contribution in [3.63, 3.8) is 0 Å². The fourth-order valence-electron chi connectivity index (χ4n) is 3.20. The maximum absolute atomic E-state index is 12.4. The van der Waals surface area contributed by atoms with Crippen molar-refractivity contribution in [2.45, 2.75) is 6.54 Å². The molecule has 0 bridgehead atoms. The molecule has 30 heavy (non-hydrogen) atoms. The van der Waals surface area contributed by atoms with Crippen molar-refractivity contribution in [3.05, 3.63) is 76.1 Å². The summed E-state index contributed by atoms with van der Waals surface area (Å²) in [5, 5.41) is 5.39. The lowest BCUT2D eigenvalue weighted by molar-refractivity contribution is -0.127. The normalized spacial score (nSPS) is 15.1. The lowest BCUT2D eigenvalue weighted by Gasteiger charge is -2.33. The minimum absolute atomic E-state index is 0.00687. The molecule has 0 radical (unpaired) electrons. The second kappa shape index (κ2) is 9.43. The molecule has 8 heteroatoms. The number of halogens is 2. The number of nitrogens with zero attached hydrogens (tertiary/aromatic N) is 4. The average molecular weight is 443 g/mol. The minimum Gasteiger partial charge on any atom is -0.338 e. The van der Waals surface area contributed by atoms with Gasteiger partial charge in [-0.05, 0) is 48.0 Å². The van der Waals surface area contributed by atoms with E-state index in [9.17, 15) is 4.79 Å². The van der Waals surface area contributed by atoms with E-state index in [4.69, 9.17) is 27.7 Å². The first kappa shape index (κ1) is 20.6. The molecule has 1 aliphatic heterocycles. The van der Waals surface area contributed by atoms with Gasteiger partial charge in [0.05, 0.1) is 6.54 Å². The molecule has 0 N–H and O–H groups in total. The van der Waals surface area contributed by atoms with Crippen LogP contribution < -0.4 is 0 Å². The third-order valence-corrected chi connectivity index (χ3v) is 5.41. The second-order valence-corrected chi connectivity index (χ2v) is 7.88. The van der Waals surface area contributed by atoms with Crippen LogP contribution in [-0.2, 0) is 11.3 Å². The van der Waals surface area contributed by atoms with Crippen LogP contribution in [0.5, 0.6) is 0 Å². The van der Waals surface area contributed by atoms with Crippen LogP contribution in [0.2, 0.25) is 10.0 Å². The molecular formula is C22H20Cl2N4O2. The third-order valence-electron chi connectivity index (χ3n) is 4.90. The van der Waals surface area contributed by atoms with Gasteiger partial charge in [0, 0.05) is 47.9 Å². The lowest BCUT2D eigenvalue weighted by Crippen LogP contribution is -2.47. The lowest BCUT2D eigenvalue weighted by atomic mass is 10.2. The highest BCUT2D eigenvalue weighted by Crippen LogP contribution is 2.19. The summed E-state index contributed by atoms with van der Waals surface area (Å²) in [5.41, 5.74) is 1.80. The first-order valence-electron chi connectivity index (χ1n) is 9.60. The van der Waals surface area contributed by atoms with Crippen LogP contribution in [-0.4, -0.2) is 52.0 Å². The van der Waals surface area contributed by atoms with Gasteiger partial charge in [-0.15, -0.1) is 0 Å². The highest BCUT2D eigenvalue weighted by atomic mass is 35.5. The molecule has 154 valence electrons. The molecule has 6 nitrogen and oxygen atoms in total. The quantitative estimate of drug-likeness (QED) is 0.547. The molecule has 1 amide bonds. The Kier molecular flexibility index (Phi) is 6.47. The number of amides is 1. The van der Waals surface area contributed by atoms with E-state index >= 15 is 0 Å². The van der Waals surface area contributed by atoms with Gasteiger partial charge in [-0.3, -0.25) is 9.69 Å². The molecule has 2 heterocycles. The zero-order valence-electron chi connectivity index (χ0n) is 16.2. The molecule has 1 fully saturated rings. The summed E-state index contributed by atoms with van der Waals surface area (Å²) < 4.78 is 5.39. The number of hydrogen-bond donors (Lipinski definition) is 0. The van der Waals surface area contributed by atoms with E-state index in [0.29, 0.717) is 41.4 Å². The number of aromatic nitrogens is 2. The van der Waals surface area contributed by atoms with Gasteiger partial charge in [0.2, 0.25) is 17.6 Å². The van der Waals surface area contributed by atoms with Gasteiger partial charge in [0.15, 0.2) is 0 Å². The van der Waals surface area contributed by atoms with Gasteiger partial charge in [0.1, 0.15) is 0 Å². The zero-order valence-corrected chi connectivity index (χ0v) is 17.7. The van der Waals surface area contributed by atoms with Crippen molar-refractivity contribution in [2.24, 2.45) is 0 Å². The number of carbonyl (C=O) groups is 1. The monoisotopic (exact) mass is 442 g/mol. The Bertz CT molecular complexity index is 1020. The standard InChI is InChI=1S/C22H20Cl2N4O2/c23-18-6-1-16(2-7-18)3-10-21(29)28-13-11-27(12-14-28)15-20-25-22(26-30-20)17-4-8-19(24)9-5-17/h1-10H,11-15H2/b10-3+. The van der Waals surface area contributed by atoms with E-state index < -0.39 is 0 Å². The Labute approximate surface area is 184 Å². The fraction of sp³-hybridized carbons (Fsp3) is 0.227. The van der Waals surface area contributed by atoms with Crippen molar-refractivity contribution in [1.29, 1.82) is 0 Å². The molecule has 4 rings (SSSR count). The number of carbonyl (C=O) groups excluding carboxylic acids is 1. The molecule has 0 spiro atoms. The maximum atomic E-state index is 12.4. The highest BCUT2D eigenvalue weighted by molar-refractivity contribution is 6.30. The van der Waals surface area contributed by atoms with Crippen LogP contribution >= 0.6 is 23.2 Å². The molecular weight excluding hydrogens is 423 g/mol. The SMILES string of the molecule is O=C(/C=C/c1ccc(Cl)cc1)N1CCN(Cc2nc(-c3ccc(Cl)cc3)no2)CC1. The van der Waals surface area contributed by atoms with E-state index in [1.807, 2.05) is 35.2 Å². The first-order chi connectivity index (χ1) is 14.6. The first-order valence-corrected chi connectivity index (χ1v) is 10.4. The predicted molar refractivity (Wildman–Crippen MR) is 117 cm³/mol. The summed E-state index contributed by atoms with van der Waals surface area (Å²) in [6.45, 7) is 3.37. The second-order valence-electron chi connectivity index (χ2n) is 7.00. The number of hydrogen-bond acceptors (Lipinski definition) is 5. The van der Waals surface area contributed by atoms with Crippen LogP contribution in [0.4, 0.5) is 0 Å². The van der Waals surface area contributed by atoms with Crippen LogP contribution in [0.1, 0.15) is 11.5 Å². The Balaban J connectivity index is 1.28. The van der Waals surface area contributed by atoms with E-state index in [2.05, 4.69) is 15.0 Å². The Morgan fingerprint density at radius 3 is 2.27 bits per heavy atom. The summed E-state index contributed by atoms with van der Waals surface area (Å²) in [7, 11) is 0. The van der Waals surface area contributed by atoms with E-state index in [1.165, 1.54) is 0 Å². The Morgan fingerprint density at radius 1 is 0.967 bits per heavy atom. The maximum Gasteiger partial charge on any atom is 0.246 e. The van der Waals surface area contributed by atoms with E-state index in [1.54, 1.807) is 30.3 Å². The summed E-state index contributed by atoms with van der Waals surface area (Å²) in [6, 6.07) is 14.7. The smallest absolute Gasteiger partial charge is 0.246 e. The molecule has 0 atom stereocenters. The van der Waals surface area contributed by atoms with Gasteiger partial charge in [0.25, 0.3) is 0 Å². The van der Waals surface area contributed by atoms with Crippen molar-refractivity contribution in [1.82, 2.24) is 19.9 Å². The zero-order chi connectivity index (χ0) is 20.9. The molecule has 3 aromatic rings. The van der Waals surface area contributed by atoms with E-state index in [-0.39, 0.29) is 5.91 Å². The van der Waals surface area contributed by atoms with Crippen LogP contribution in [0.15, 0.2) is 59.1 Å². The minimum atomic E-state index is 0.00687. The molecule has 1 aromatic heterocycles. The van der Waals surface area contributed by atoms with Crippen molar-refractivity contribution >= 4 is 35.2 Å². The van der Waals surface area contributed by atoms with Crippen molar-refractivity contribution in [2.75, 3.05) is 26.2 Å². The molecule has 0 unspecified atom stereocenters. The summed E-state index contributed by atoms with van der Waals surface area (Å²) >= 11 is 11.8. The van der Waals surface area contributed by atoms with Gasteiger partial charge in [-0.2, -0.15) is 4.98 Å². The Morgan fingerprint density at radius 2 is 1.60 bits per heavy atom. The molecule has 2 aromatic carbocycles. The van der Waals surface area contributed by atoms with Gasteiger partial charge in [-0.1, -0.05) is 40.5 Å². The predicted octanol–water partition coefficient (Wildman–Crippen LogP) is 4.40. The number of rotatable bonds is 5. The summed E-state index contributed by atoms with van der Waals surface area (Å²) in [5.74, 6) is 1.11. The molecule has 0 aliphatic carbocycles. The van der Waals surface area contributed by atoms with Gasteiger partial charge in [-0.25, -0.2) is 0 Å². The van der Waals surface area contributed by atoms with Crippen LogP contribution in [0.25, 0.3) is 17.5 Å². The number of benzene rings is 2. The largest absolute Gasteiger partial charge is 0.338 e. The molecule has 1 aliphatic rings. The Hall–Kier alpha value is -2.67. The van der Waals surface area contributed by atoms with Crippen LogP contribution in [0.3, 0.4) is 0 Å². The van der Waals surface area contributed by atoms with Gasteiger partial charge >= 0.3 is 0 Å². The topological polar surface area (TPSA) is 62.5 Å². The summed E-state index contributed by atoms with van der Waals surface area (Å²) in [6.07, 6.45) is 3.41. The highest BCUT2D eigenvalue weighted by Gasteiger charge is 2.21. The van der Waals surface area contributed by atoms with Crippen LogP contribution in [0, 0.1) is 0 Å². The number of piperazine rings is 1. The third kappa shape index (κ3) is 5.27. The molecule has 1 saturated heterocycles. The fourth-order valence-corrected chi connectivity index (χ4v) is 3.45. The van der Waals surface area contributed by atoms with E-state index in [0.717, 1.165) is 24.2 Å². The average Bonchev–Trinajstić information content (AvgIpc) is 3.22. The molecule has 0 saturated carbocycles. The van der Waals surface area contributed by atoms with Crippen molar-refractivity contribution in [3.8, 4) is 11.4 Å². The summed E-state index contributed by atoms with van der Waals surface area (Å²) in [4.78, 5) is 20.9. The van der Waals surface area contributed by atoms with Crippen molar-refractivity contribution < 1.29 is 9.32 Å².